The van der Waals surface area contributed by atoms with Gasteiger partial charge in [-0.25, -0.2) is 10.8 Å². The van der Waals surface area contributed by atoms with Crippen molar-refractivity contribution in [3.8, 4) is 0 Å². The van der Waals surface area contributed by atoms with Gasteiger partial charge in [-0.2, -0.15) is 13.2 Å². The van der Waals surface area contributed by atoms with Gasteiger partial charge in [0.15, 0.2) is 0 Å². The Morgan fingerprint density at radius 1 is 1.47 bits per heavy atom. The predicted octanol–water partition coefficient (Wildman–Crippen LogP) is 1.61. The number of pyridine rings is 1. The third-order valence-corrected chi connectivity index (χ3v) is 2.85. The molecule has 1 aromatic rings. The summed E-state index contributed by atoms with van der Waals surface area (Å²) in [6.07, 6.45) is -4.47. The lowest BCUT2D eigenvalue weighted by Gasteiger charge is -2.32. The summed E-state index contributed by atoms with van der Waals surface area (Å²) in [7, 11) is 0. The van der Waals surface area contributed by atoms with Crippen molar-refractivity contribution in [1.82, 2.24) is 4.98 Å². The number of hydrogen-bond donors (Lipinski definition) is 2. The summed E-state index contributed by atoms with van der Waals surface area (Å²) >= 11 is 0. The molecular weight excluding hydrogens is 261 g/mol. The number of rotatable bonds is 2. The fraction of sp³-hybridized carbons (Fsp3) is 0.545. The van der Waals surface area contributed by atoms with E-state index in [1.54, 1.807) is 4.90 Å². The first-order chi connectivity index (χ1) is 8.90. The predicted molar refractivity (Wildman–Crippen MR) is 64.7 cm³/mol. The van der Waals surface area contributed by atoms with E-state index >= 15 is 0 Å². The highest BCUT2D eigenvalue weighted by atomic mass is 19.4. The van der Waals surface area contributed by atoms with Crippen molar-refractivity contribution in [1.29, 1.82) is 0 Å². The van der Waals surface area contributed by atoms with Crippen LogP contribution in [-0.2, 0) is 10.9 Å². The van der Waals surface area contributed by atoms with Crippen molar-refractivity contribution in [2.24, 2.45) is 5.84 Å². The molecule has 0 bridgehead atoms. The molecule has 5 nitrogen and oxygen atoms in total. The number of nitrogens with zero attached hydrogens (tertiary/aromatic N) is 2. The van der Waals surface area contributed by atoms with E-state index in [-0.39, 0.29) is 17.7 Å². The summed E-state index contributed by atoms with van der Waals surface area (Å²) < 4.78 is 43.7. The maximum atomic E-state index is 12.8. The van der Waals surface area contributed by atoms with E-state index in [4.69, 9.17) is 10.6 Å². The second kappa shape index (κ2) is 5.22. The molecule has 1 saturated heterocycles. The van der Waals surface area contributed by atoms with E-state index < -0.39 is 11.7 Å². The van der Waals surface area contributed by atoms with Gasteiger partial charge in [-0.1, -0.05) is 0 Å². The molecule has 1 fully saturated rings. The van der Waals surface area contributed by atoms with Crippen LogP contribution in [0.5, 0.6) is 0 Å². The van der Waals surface area contributed by atoms with Crippen LogP contribution >= 0.6 is 0 Å². The Bertz CT molecular complexity index is 452. The van der Waals surface area contributed by atoms with Gasteiger partial charge in [-0.05, 0) is 19.1 Å². The van der Waals surface area contributed by atoms with Crippen molar-refractivity contribution < 1.29 is 17.9 Å². The van der Waals surface area contributed by atoms with Gasteiger partial charge in [-0.3, -0.25) is 0 Å². The molecule has 1 unspecified atom stereocenters. The molecule has 1 aromatic heterocycles. The molecule has 0 radical (unpaired) electrons. The number of nitrogen functional groups attached to an aromatic ring is 1. The highest BCUT2D eigenvalue weighted by molar-refractivity contribution is 5.51. The first-order valence-electron chi connectivity index (χ1n) is 5.82. The van der Waals surface area contributed by atoms with E-state index in [2.05, 4.69) is 10.4 Å². The molecule has 0 aromatic carbocycles. The van der Waals surface area contributed by atoms with Crippen molar-refractivity contribution in [2.75, 3.05) is 30.0 Å². The molecule has 3 N–H and O–H groups in total. The zero-order chi connectivity index (χ0) is 14.0. The molecule has 2 heterocycles. The van der Waals surface area contributed by atoms with E-state index in [9.17, 15) is 13.2 Å². The Kier molecular flexibility index (Phi) is 3.81. The number of hydrogen-bond acceptors (Lipinski definition) is 5. The van der Waals surface area contributed by atoms with E-state index in [0.717, 1.165) is 12.1 Å². The fourth-order valence-corrected chi connectivity index (χ4v) is 1.94. The lowest BCUT2D eigenvalue weighted by Crippen LogP contribution is -2.41. The van der Waals surface area contributed by atoms with Gasteiger partial charge in [0.05, 0.1) is 18.3 Å². The van der Waals surface area contributed by atoms with Gasteiger partial charge >= 0.3 is 6.18 Å². The molecule has 106 valence electrons. The minimum atomic E-state index is -4.43. The van der Waals surface area contributed by atoms with Crippen LogP contribution in [0, 0.1) is 0 Å². The molecule has 0 aliphatic carbocycles. The van der Waals surface area contributed by atoms with Crippen molar-refractivity contribution in [2.45, 2.75) is 19.2 Å². The number of nitrogens with two attached hydrogens (primary N) is 1. The van der Waals surface area contributed by atoms with Crippen LogP contribution in [0.4, 0.5) is 24.8 Å². The second-order valence-corrected chi connectivity index (χ2v) is 4.37. The Morgan fingerprint density at radius 3 is 2.79 bits per heavy atom. The number of morpholine rings is 1. The summed E-state index contributed by atoms with van der Waals surface area (Å²) in [5.74, 6) is 5.40. The quantitative estimate of drug-likeness (QED) is 0.634. The summed E-state index contributed by atoms with van der Waals surface area (Å²) in [4.78, 5) is 5.81. The number of hydrazine groups is 1. The summed E-state index contributed by atoms with van der Waals surface area (Å²) in [5, 5.41) is 0. The first-order valence-corrected chi connectivity index (χ1v) is 5.82. The van der Waals surface area contributed by atoms with Crippen LogP contribution in [0.2, 0.25) is 0 Å². The number of ether oxygens (including phenoxy) is 1. The molecule has 1 aliphatic rings. The van der Waals surface area contributed by atoms with Gasteiger partial charge in [0.2, 0.25) is 0 Å². The lowest BCUT2D eigenvalue weighted by molar-refractivity contribution is -0.137. The number of anilines is 2. The minimum absolute atomic E-state index is 0.0102. The smallest absolute Gasteiger partial charge is 0.375 e. The van der Waals surface area contributed by atoms with Crippen LogP contribution in [0.3, 0.4) is 0 Å². The molecule has 1 aliphatic heterocycles. The summed E-state index contributed by atoms with van der Waals surface area (Å²) in [6, 6.07) is 1.91. The molecule has 8 heteroatoms. The van der Waals surface area contributed by atoms with Crippen molar-refractivity contribution in [3.63, 3.8) is 0 Å². The standard InChI is InChI=1S/C11H15F3N4O/c1-7-6-18(2-3-19-7)10-5-8(11(12,13)14)4-9(16-10)17-15/h4-5,7H,2-3,6,15H2,1H3,(H,16,17). The minimum Gasteiger partial charge on any atom is -0.375 e. The monoisotopic (exact) mass is 276 g/mol. The van der Waals surface area contributed by atoms with Crippen molar-refractivity contribution >= 4 is 11.6 Å². The van der Waals surface area contributed by atoms with Gasteiger partial charge in [0.25, 0.3) is 0 Å². The van der Waals surface area contributed by atoms with Crippen LogP contribution in [0.1, 0.15) is 12.5 Å². The van der Waals surface area contributed by atoms with Crippen LogP contribution in [-0.4, -0.2) is 30.8 Å². The highest BCUT2D eigenvalue weighted by Crippen LogP contribution is 2.33. The summed E-state index contributed by atoms with van der Waals surface area (Å²) in [6.45, 7) is 3.33. The molecule has 0 amide bonds. The van der Waals surface area contributed by atoms with Gasteiger partial charge in [-0.15, -0.1) is 0 Å². The largest absolute Gasteiger partial charge is 0.416 e. The van der Waals surface area contributed by atoms with Crippen molar-refractivity contribution in [3.05, 3.63) is 17.7 Å². The van der Waals surface area contributed by atoms with Crippen LogP contribution in [0.15, 0.2) is 12.1 Å². The van der Waals surface area contributed by atoms with E-state index in [1.165, 1.54) is 0 Å². The third kappa shape index (κ3) is 3.27. The van der Waals surface area contributed by atoms with Gasteiger partial charge < -0.3 is 15.1 Å². The van der Waals surface area contributed by atoms with E-state index in [1.807, 2.05) is 6.92 Å². The normalized spacial score (nSPS) is 20.5. The molecule has 19 heavy (non-hydrogen) atoms. The fourth-order valence-electron chi connectivity index (χ4n) is 1.94. The summed E-state index contributed by atoms with van der Waals surface area (Å²) in [5.41, 5.74) is 1.39. The third-order valence-electron chi connectivity index (χ3n) is 2.85. The Balaban J connectivity index is 2.34. The molecular formula is C11H15F3N4O. The topological polar surface area (TPSA) is 63.4 Å². The molecule has 0 spiro atoms. The SMILES string of the molecule is CC1CN(c2cc(C(F)(F)F)cc(NN)n2)CCO1. The molecule has 0 saturated carbocycles. The number of aromatic nitrogens is 1. The maximum absolute atomic E-state index is 12.8. The number of nitrogens with one attached hydrogen (secondary N) is 1. The Morgan fingerprint density at radius 2 is 2.21 bits per heavy atom. The first kappa shape index (κ1) is 13.9. The molecule has 2 rings (SSSR count). The Hall–Kier alpha value is -1.54. The number of alkyl halides is 3. The average molecular weight is 276 g/mol. The highest BCUT2D eigenvalue weighted by Gasteiger charge is 2.32. The lowest BCUT2D eigenvalue weighted by atomic mass is 10.2. The average Bonchev–Trinajstić information content (AvgIpc) is 2.37. The zero-order valence-corrected chi connectivity index (χ0v) is 10.4. The van der Waals surface area contributed by atoms with Gasteiger partial charge in [0, 0.05) is 13.1 Å². The van der Waals surface area contributed by atoms with Crippen LogP contribution in [0.25, 0.3) is 0 Å². The maximum Gasteiger partial charge on any atom is 0.416 e. The number of halogens is 3. The molecule has 1 atom stereocenters. The second-order valence-electron chi connectivity index (χ2n) is 4.37. The van der Waals surface area contributed by atoms with Gasteiger partial charge in [0.1, 0.15) is 11.6 Å². The zero-order valence-electron chi connectivity index (χ0n) is 10.4. The van der Waals surface area contributed by atoms with E-state index in [0.29, 0.717) is 19.7 Å². The van der Waals surface area contributed by atoms with Crippen LogP contribution < -0.4 is 16.2 Å². The Labute approximate surface area is 108 Å².